The van der Waals surface area contributed by atoms with E-state index >= 15 is 0 Å². The number of hydrogen-bond donors (Lipinski definition) is 1. The number of hydrogen-bond acceptors (Lipinski definition) is 3. The maximum absolute atomic E-state index is 5.48. The molecule has 0 amide bonds. The van der Waals surface area contributed by atoms with E-state index in [-0.39, 0.29) is 7.05 Å². The van der Waals surface area contributed by atoms with Crippen LogP contribution in [0.15, 0.2) is 64.0 Å². The van der Waals surface area contributed by atoms with Crippen LogP contribution < -0.4 is 10.9 Å². The Hall–Kier alpha value is -1.59. The third-order valence-corrected chi connectivity index (χ3v) is 3.24. The average molecular weight is 301 g/mol. The predicted octanol–water partition coefficient (Wildman–Crippen LogP) is 2.13. The molecule has 1 N–H and O–H groups in total. The monoisotopic (exact) mass is 300 g/mol. The van der Waals surface area contributed by atoms with Crippen LogP contribution in [0.5, 0.6) is 0 Å². The number of amidine groups is 1. The van der Waals surface area contributed by atoms with Crippen molar-refractivity contribution in [2.24, 2.45) is 4.90 Å². The van der Waals surface area contributed by atoms with E-state index in [1.165, 1.54) is 0 Å². The molecular weight excluding hydrogens is 291 g/mol. The third kappa shape index (κ3) is 2.32. The number of nitrogens with one attached hydrogen (secondary N) is 1. The molecule has 3 nitrogen and oxygen atoms in total. The number of hydroxylamine groups is 1. The maximum atomic E-state index is 5.48. The van der Waals surface area contributed by atoms with Gasteiger partial charge in [0, 0.05) is 10.0 Å². The standard InChI is InChI=1S/C13H10BBrN2O/c15-12-8-6-11(7-9-12)14-16-13(17-18-14)10-4-2-1-3-5-10/h1-9H,(H,16,17). The van der Waals surface area contributed by atoms with Crippen LogP contribution in [0.25, 0.3) is 0 Å². The van der Waals surface area contributed by atoms with Gasteiger partial charge in [0.05, 0.1) is 0 Å². The van der Waals surface area contributed by atoms with E-state index in [0.717, 1.165) is 21.3 Å². The molecular formula is C13H10BBrN2O. The molecule has 1 heterocycles. The summed E-state index contributed by atoms with van der Waals surface area (Å²) in [6.07, 6.45) is 0. The minimum Gasteiger partial charge on any atom is -0.300 e. The van der Waals surface area contributed by atoms with Gasteiger partial charge in [-0.15, -0.1) is 0 Å². The van der Waals surface area contributed by atoms with Crippen LogP contribution in [0.4, 0.5) is 0 Å². The van der Waals surface area contributed by atoms with Crippen LogP contribution >= 0.6 is 15.9 Å². The zero-order chi connectivity index (χ0) is 12.4. The van der Waals surface area contributed by atoms with Gasteiger partial charge in [-0.1, -0.05) is 58.4 Å². The first-order chi connectivity index (χ1) is 8.83. The van der Waals surface area contributed by atoms with E-state index in [1.807, 2.05) is 54.6 Å². The van der Waals surface area contributed by atoms with Gasteiger partial charge in [0.15, 0.2) is 0 Å². The molecule has 3 rings (SSSR count). The first-order valence-corrected chi connectivity index (χ1v) is 6.42. The quantitative estimate of drug-likeness (QED) is 0.862. The summed E-state index contributed by atoms with van der Waals surface area (Å²) in [4.78, 5) is 4.53. The van der Waals surface area contributed by atoms with Gasteiger partial charge in [0.2, 0.25) is 0 Å². The summed E-state index contributed by atoms with van der Waals surface area (Å²) in [5.74, 6) is 0.767. The Balaban J connectivity index is 1.85. The van der Waals surface area contributed by atoms with Gasteiger partial charge in [0.25, 0.3) is 0 Å². The predicted molar refractivity (Wildman–Crippen MR) is 76.7 cm³/mol. The second-order valence-electron chi connectivity index (χ2n) is 3.97. The largest absolute Gasteiger partial charge is 0.496 e. The summed E-state index contributed by atoms with van der Waals surface area (Å²) in [7, 11) is -0.284. The molecule has 18 heavy (non-hydrogen) atoms. The number of halogens is 1. The van der Waals surface area contributed by atoms with Crippen molar-refractivity contribution in [2.45, 2.75) is 0 Å². The van der Waals surface area contributed by atoms with Crippen molar-refractivity contribution in [3.05, 3.63) is 64.6 Å². The molecule has 0 fully saturated rings. The molecule has 0 spiro atoms. The van der Waals surface area contributed by atoms with Crippen LogP contribution in [0.1, 0.15) is 5.56 Å². The fourth-order valence-corrected chi connectivity index (χ4v) is 2.05. The SMILES string of the molecule is Brc1ccc(B2N=C(c3ccccc3)NO2)cc1. The zero-order valence-electron chi connectivity index (χ0n) is 9.51. The molecule has 0 radical (unpaired) electrons. The zero-order valence-corrected chi connectivity index (χ0v) is 11.1. The summed E-state index contributed by atoms with van der Waals surface area (Å²) in [6, 6.07) is 17.9. The van der Waals surface area contributed by atoms with E-state index in [2.05, 4.69) is 26.3 Å². The van der Waals surface area contributed by atoms with Crippen molar-refractivity contribution >= 4 is 34.3 Å². The van der Waals surface area contributed by atoms with Crippen LogP contribution in [0.2, 0.25) is 0 Å². The lowest BCUT2D eigenvalue weighted by Gasteiger charge is -2.02. The van der Waals surface area contributed by atoms with Crippen molar-refractivity contribution < 1.29 is 4.76 Å². The van der Waals surface area contributed by atoms with Crippen LogP contribution in [0, 0.1) is 0 Å². The molecule has 88 valence electrons. The summed E-state index contributed by atoms with van der Waals surface area (Å²) >= 11 is 3.41. The first-order valence-electron chi connectivity index (χ1n) is 5.63. The average Bonchev–Trinajstić information content (AvgIpc) is 2.90. The minimum atomic E-state index is -0.284. The van der Waals surface area contributed by atoms with Gasteiger partial charge in [-0.05, 0) is 17.6 Å². The summed E-state index contributed by atoms with van der Waals surface area (Å²) in [5.41, 5.74) is 4.92. The van der Waals surface area contributed by atoms with Gasteiger partial charge in [-0.2, -0.15) is 0 Å². The number of rotatable bonds is 2. The van der Waals surface area contributed by atoms with Crippen molar-refractivity contribution in [1.29, 1.82) is 0 Å². The van der Waals surface area contributed by atoms with Crippen LogP contribution in [0.3, 0.4) is 0 Å². The van der Waals surface area contributed by atoms with E-state index in [9.17, 15) is 0 Å². The highest BCUT2D eigenvalue weighted by atomic mass is 79.9. The molecule has 0 aliphatic carbocycles. The lowest BCUT2D eigenvalue weighted by Crippen LogP contribution is -2.31. The highest BCUT2D eigenvalue weighted by Crippen LogP contribution is 2.09. The minimum absolute atomic E-state index is 0.284. The van der Waals surface area contributed by atoms with Crippen molar-refractivity contribution in [2.75, 3.05) is 0 Å². The molecule has 0 unspecified atom stereocenters. The number of benzene rings is 2. The molecule has 0 atom stereocenters. The lowest BCUT2D eigenvalue weighted by atomic mass is 9.75. The lowest BCUT2D eigenvalue weighted by molar-refractivity contribution is 0.284. The highest BCUT2D eigenvalue weighted by molar-refractivity contribution is 9.10. The normalized spacial score (nSPS) is 14.3. The van der Waals surface area contributed by atoms with Gasteiger partial charge in [-0.25, -0.2) is 0 Å². The summed E-state index contributed by atoms with van der Waals surface area (Å²) in [5, 5.41) is 0. The second-order valence-corrected chi connectivity index (χ2v) is 4.88. The molecule has 2 aromatic rings. The van der Waals surface area contributed by atoms with Gasteiger partial charge in [-0.3, -0.25) is 15.1 Å². The van der Waals surface area contributed by atoms with Gasteiger partial charge < -0.3 is 0 Å². The van der Waals surface area contributed by atoms with E-state index in [0.29, 0.717) is 0 Å². The Morgan fingerprint density at radius 3 is 2.44 bits per heavy atom. The smallest absolute Gasteiger partial charge is 0.300 e. The Bertz CT molecular complexity index is 571. The molecule has 0 aromatic heterocycles. The molecule has 0 saturated carbocycles. The summed E-state index contributed by atoms with van der Waals surface area (Å²) < 4.78 is 6.52. The van der Waals surface area contributed by atoms with E-state index in [4.69, 9.17) is 4.76 Å². The number of nitrogens with zero attached hydrogens (tertiary/aromatic N) is 1. The fourth-order valence-electron chi connectivity index (χ4n) is 1.78. The second kappa shape index (κ2) is 4.96. The van der Waals surface area contributed by atoms with Gasteiger partial charge >= 0.3 is 7.05 Å². The molecule has 1 aliphatic rings. The van der Waals surface area contributed by atoms with Crippen molar-refractivity contribution in [3.63, 3.8) is 0 Å². The Labute approximate surface area is 114 Å². The molecule has 2 aromatic carbocycles. The Morgan fingerprint density at radius 1 is 1.00 bits per heavy atom. The third-order valence-electron chi connectivity index (χ3n) is 2.72. The van der Waals surface area contributed by atoms with Crippen LogP contribution in [-0.4, -0.2) is 12.9 Å². The highest BCUT2D eigenvalue weighted by Gasteiger charge is 2.26. The van der Waals surface area contributed by atoms with Crippen molar-refractivity contribution in [3.8, 4) is 0 Å². The van der Waals surface area contributed by atoms with Gasteiger partial charge in [0.1, 0.15) is 5.84 Å². The summed E-state index contributed by atoms with van der Waals surface area (Å²) in [6.45, 7) is 0. The fraction of sp³-hybridized carbons (Fsp3) is 0. The van der Waals surface area contributed by atoms with E-state index < -0.39 is 0 Å². The Kier molecular flexibility index (Phi) is 3.17. The molecule has 5 heteroatoms. The van der Waals surface area contributed by atoms with Crippen LogP contribution in [-0.2, 0) is 4.76 Å². The maximum Gasteiger partial charge on any atom is 0.496 e. The Morgan fingerprint density at radius 2 is 1.72 bits per heavy atom. The molecule has 0 bridgehead atoms. The first kappa shape index (κ1) is 11.5. The molecule has 1 aliphatic heterocycles. The van der Waals surface area contributed by atoms with E-state index in [1.54, 1.807) is 0 Å². The van der Waals surface area contributed by atoms with Crippen molar-refractivity contribution in [1.82, 2.24) is 5.48 Å². The topological polar surface area (TPSA) is 33.6 Å². The molecule has 0 saturated heterocycles.